The molecule has 0 aromatic heterocycles. The predicted molar refractivity (Wildman–Crippen MR) is 60.1 cm³/mol. The Labute approximate surface area is 89.5 Å². The van der Waals surface area contributed by atoms with Gasteiger partial charge in [-0.2, -0.15) is 0 Å². The third-order valence-corrected chi connectivity index (χ3v) is 2.28. The fourth-order valence-corrected chi connectivity index (χ4v) is 1.61. The van der Waals surface area contributed by atoms with Crippen molar-refractivity contribution in [1.82, 2.24) is 0 Å². The fraction of sp³-hybridized carbons (Fsp3) is 0.364. The molecular weight excluding hydrogens is 198 g/mol. The van der Waals surface area contributed by atoms with Gasteiger partial charge in [0.2, 0.25) is 0 Å². The molecule has 0 saturated heterocycles. The largest absolute Gasteiger partial charge is 0.399 e. The molecule has 1 aromatic rings. The van der Waals surface area contributed by atoms with Gasteiger partial charge in [0.05, 0.1) is 6.21 Å². The van der Waals surface area contributed by atoms with Crippen LogP contribution in [0.15, 0.2) is 23.4 Å². The average Bonchev–Trinajstić information content (AvgIpc) is 2.14. The van der Waals surface area contributed by atoms with Crippen molar-refractivity contribution in [2.45, 2.75) is 19.8 Å². The van der Waals surface area contributed by atoms with E-state index in [-0.39, 0.29) is 0 Å². The lowest BCUT2D eigenvalue weighted by atomic mass is 10.0. The van der Waals surface area contributed by atoms with Gasteiger partial charge in [-0.05, 0) is 23.1 Å². The van der Waals surface area contributed by atoms with E-state index in [4.69, 9.17) is 11.6 Å². The average molecular weight is 212 g/mol. The van der Waals surface area contributed by atoms with E-state index >= 15 is 0 Å². The Bertz CT molecular complexity index is 334. The van der Waals surface area contributed by atoms with Crippen LogP contribution in [0.25, 0.3) is 0 Å². The SMILES string of the molecule is CO/N=C/c1ccc(C(C)C)c(Cl)c1. The van der Waals surface area contributed by atoms with Gasteiger partial charge in [-0.25, -0.2) is 0 Å². The Morgan fingerprint density at radius 3 is 2.64 bits per heavy atom. The number of benzene rings is 1. The molecule has 0 N–H and O–H groups in total. The summed E-state index contributed by atoms with van der Waals surface area (Å²) in [7, 11) is 1.51. The zero-order valence-corrected chi connectivity index (χ0v) is 9.38. The minimum absolute atomic E-state index is 0.441. The molecule has 1 aromatic carbocycles. The van der Waals surface area contributed by atoms with E-state index in [0.717, 1.165) is 16.1 Å². The van der Waals surface area contributed by atoms with Gasteiger partial charge >= 0.3 is 0 Å². The van der Waals surface area contributed by atoms with Crippen molar-refractivity contribution in [2.24, 2.45) is 5.16 Å². The van der Waals surface area contributed by atoms with Crippen molar-refractivity contribution in [1.29, 1.82) is 0 Å². The highest BCUT2D eigenvalue weighted by atomic mass is 35.5. The number of hydrogen-bond donors (Lipinski definition) is 0. The van der Waals surface area contributed by atoms with Gasteiger partial charge in [0.15, 0.2) is 0 Å². The third kappa shape index (κ3) is 2.74. The van der Waals surface area contributed by atoms with Gasteiger partial charge in [-0.1, -0.05) is 42.7 Å². The van der Waals surface area contributed by atoms with Gasteiger partial charge in [0, 0.05) is 5.02 Å². The van der Waals surface area contributed by atoms with Crippen LogP contribution in [0.4, 0.5) is 0 Å². The van der Waals surface area contributed by atoms with Gasteiger partial charge in [0.1, 0.15) is 7.11 Å². The van der Waals surface area contributed by atoms with Crippen molar-refractivity contribution in [2.75, 3.05) is 7.11 Å². The molecule has 3 heteroatoms. The molecule has 0 aliphatic carbocycles. The molecule has 14 heavy (non-hydrogen) atoms. The van der Waals surface area contributed by atoms with Crippen LogP contribution in [-0.2, 0) is 4.84 Å². The molecule has 0 aliphatic heterocycles. The first kappa shape index (κ1) is 11.1. The highest BCUT2D eigenvalue weighted by Crippen LogP contribution is 2.24. The molecule has 0 unspecified atom stereocenters. The minimum Gasteiger partial charge on any atom is -0.399 e. The first-order valence-electron chi connectivity index (χ1n) is 4.51. The summed E-state index contributed by atoms with van der Waals surface area (Å²) in [5.41, 5.74) is 2.10. The minimum atomic E-state index is 0.441. The lowest BCUT2D eigenvalue weighted by molar-refractivity contribution is 0.215. The van der Waals surface area contributed by atoms with Crippen LogP contribution in [0, 0.1) is 0 Å². The molecule has 0 saturated carbocycles. The van der Waals surface area contributed by atoms with Crippen LogP contribution in [0.5, 0.6) is 0 Å². The van der Waals surface area contributed by atoms with Crippen molar-refractivity contribution < 1.29 is 4.84 Å². The number of rotatable bonds is 3. The highest BCUT2D eigenvalue weighted by molar-refractivity contribution is 6.31. The highest BCUT2D eigenvalue weighted by Gasteiger charge is 2.04. The van der Waals surface area contributed by atoms with E-state index in [9.17, 15) is 0 Å². The molecule has 0 fully saturated rings. The molecule has 0 heterocycles. The van der Waals surface area contributed by atoms with Gasteiger partial charge < -0.3 is 4.84 Å². The second-order valence-electron chi connectivity index (χ2n) is 3.35. The van der Waals surface area contributed by atoms with Gasteiger partial charge in [0.25, 0.3) is 0 Å². The maximum absolute atomic E-state index is 6.10. The van der Waals surface area contributed by atoms with Crippen LogP contribution in [0.1, 0.15) is 30.9 Å². The summed E-state index contributed by atoms with van der Waals surface area (Å²) in [6, 6.07) is 5.88. The van der Waals surface area contributed by atoms with Crippen LogP contribution < -0.4 is 0 Å². The Balaban J connectivity index is 2.94. The second-order valence-corrected chi connectivity index (χ2v) is 3.76. The van der Waals surface area contributed by atoms with Crippen molar-refractivity contribution in [3.63, 3.8) is 0 Å². The molecule has 2 nitrogen and oxygen atoms in total. The summed E-state index contributed by atoms with van der Waals surface area (Å²) in [5, 5.41) is 4.45. The lowest BCUT2D eigenvalue weighted by Crippen LogP contribution is -1.90. The Morgan fingerprint density at radius 2 is 2.14 bits per heavy atom. The molecule has 0 radical (unpaired) electrons. The van der Waals surface area contributed by atoms with E-state index in [1.165, 1.54) is 7.11 Å². The van der Waals surface area contributed by atoms with Crippen molar-refractivity contribution in [3.05, 3.63) is 34.3 Å². The van der Waals surface area contributed by atoms with Gasteiger partial charge in [-0.15, -0.1) is 0 Å². The van der Waals surface area contributed by atoms with E-state index in [0.29, 0.717) is 5.92 Å². The van der Waals surface area contributed by atoms with Crippen LogP contribution in [-0.4, -0.2) is 13.3 Å². The summed E-state index contributed by atoms with van der Waals surface area (Å²) in [4.78, 5) is 4.59. The maximum atomic E-state index is 6.10. The summed E-state index contributed by atoms with van der Waals surface area (Å²) in [6.45, 7) is 4.23. The van der Waals surface area contributed by atoms with Crippen LogP contribution in [0.2, 0.25) is 5.02 Å². The zero-order chi connectivity index (χ0) is 10.6. The van der Waals surface area contributed by atoms with Crippen LogP contribution >= 0.6 is 11.6 Å². The normalized spacial score (nSPS) is 11.2. The number of nitrogens with zero attached hydrogens (tertiary/aromatic N) is 1. The molecule has 1 rings (SSSR count). The second kappa shape index (κ2) is 5.01. The molecule has 76 valence electrons. The predicted octanol–water partition coefficient (Wildman–Crippen LogP) is 3.44. The molecular formula is C11H14ClNO. The standard InChI is InChI=1S/C11H14ClNO/c1-8(2)10-5-4-9(6-11(10)12)7-13-14-3/h4-8H,1-3H3/b13-7+. The Kier molecular flexibility index (Phi) is 3.96. The summed E-state index contributed by atoms with van der Waals surface area (Å²) in [6.07, 6.45) is 1.63. The summed E-state index contributed by atoms with van der Waals surface area (Å²) in [5.74, 6) is 0.441. The van der Waals surface area contributed by atoms with E-state index in [1.807, 2.05) is 18.2 Å². The molecule has 0 bridgehead atoms. The molecule has 0 atom stereocenters. The lowest BCUT2D eigenvalue weighted by Gasteiger charge is -2.07. The van der Waals surface area contributed by atoms with E-state index in [1.54, 1.807) is 6.21 Å². The van der Waals surface area contributed by atoms with Crippen molar-refractivity contribution >= 4 is 17.8 Å². The van der Waals surface area contributed by atoms with Gasteiger partial charge in [-0.3, -0.25) is 0 Å². The van der Waals surface area contributed by atoms with E-state index in [2.05, 4.69) is 23.8 Å². The topological polar surface area (TPSA) is 21.6 Å². The number of hydrogen-bond acceptors (Lipinski definition) is 2. The molecule has 0 aliphatic rings. The zero-order valence-electron chi connectivity index (χ0n) is 8.62. The van der Waals surface area contributed by atoms with Crippen molar-refractivity contribution in [3.8, 4) is 0 Å². The summed E-state index contributed by atoms with van der Waals surface area (Å²) >= 11 is 6.10. The number of halogens is 1. The molecule has 0 spiro atoms. The quantitative estimate of drug-likeness (QED) is 0.555. The third-order valence-electron chi connectivity index (χ3n) is 1.95. The smallest absolute Gasteiger partial charge is 0.106 e. The van der Waals surface area contributed by atoms with Crippen LogP contribution in [0.3, 0.4) is 0 Å². The monoisotopic (exact) mass is 211 g/mol. The Hall–Kier alpha value is -1.02. The maximum Gasteiger partial charge on any atom is 0.106 e. The first-order valence-corrected chi connectivity index (χ1v) is 4.89. The molecule has 0 amide bonds. The first-order chi connectivity index (χ1) is 6.65. The van der Waals surface area contributed by atoms with E-state index < -0.39 is 0 Å². The number of oxime groups is 1. The fourth-order valence-electron chi connectivity index (χ4n) is 1.21. The Morgan fingerprint density at radius 1 is 1.43 bits per heavy atom. The summed E-state index contributed by atoms with van der Waals surface area (Å²) < 4.78 is 0.